The van der Waals surface area contributed by atoms with Gasteiger partial charge in [-0.25, -0.2) is 9.50 Å². The number of fused-ring (bicyclic) bond motifs is 1. The molecule has 3 aromatic rings. The largest absolute Gasteiger partial charge is 0.317 e. The first-order valence-corrected chi connectivity index (χ1v) is 8.46. The van der Waals surface area contributed by atoms with Crippen molar-refractivity contribution in [2.45, 2.75) is 38.6 Å². The van der Waals surface area contributed by atoms with Crippen LogP contribution in [0.1, 0.15) is 49.0 Å². The molecule has 25 heavy (non-hydrogen) atoms. The van der Waals surface area contributed by atoms with Gasteiger partial charge in [0.25, 0.3) is 11.9 Å². The predicted octanol–water partition coefficient (Wildman–Crippen LogP) is 3.07. The summed E-state index contributed by atoms with van der Waals surface area (Å²) in [7, 11) is 0. The van der Waals surface area contributed by atoms with Crippen molar-refractivity contribution in [3.8, 4) is 0 Å². The number of hydrogen-bond acceptors (Lipinski definition) is 4. The predicted molar refractivity (Wildman–Crippen MR) is 89.8 cm³/mol. The number of amides is 1. The molecule has 1 aliphatic carbocycles. The Morgan fingerprint density at radius 2 is 2.12 bits per heavy atom. The van der Waals surface area contributed by atoms with Crippen LogP contribution in [0, 0.1) is 11.9 Å². The number of rotatable bonds is 3. The minimum Gasteiger partial charge on any atom is -0.317 e. The zero-order valence-electron chi connectivity index (χ0n) is 13.9. The van der Waals surface area contributed by atoms with Gasteiger partial charge in [0, 0.05) is 12.4 Å². The average Bonchev–Trinajstić information content (AvgIpc) is 3.20. The molecule has 0 radical (unpaired) electrons. The molecule has 0 saturated heterocycles. The van der Waals surface area contributed by atoms with Crippen molar-refractivity contribution in [1.29, 1.82) is 0 Å². The van der Waals surface area contributed by atoms with Crippen LogP contribution in [0.5, 0.6) is 0 Å². The summed E-state index contributed by atoms with van der Waals surface area (Å²) in [4.78, 5) is 16.6. The first kappa shape index (κ1) is 15.7. The molecule has 4 rings (SSSR count). The van der Waals surface area contributed by atoms with Gasteiger partial charge in [-0.3, -0.25) is 9.48 Å². The lowest BCUT2D eigenvalue weighted by Gasteiger charge is -2.26. The van der Waals surface area contributed by atoms with E-state index in [0.717, 1.165) is 25.7 Å². The summed E-state index contributed by atoms with van der Waals surface area (Å²) in [6.45, 7) is 2.23. The first-order chi connectivity index (χ1) is 12.1. The maximum atomic E-state index is 14.2. The molecule has 0 aromatic carbocycles. The minimum absolute atomic E-state index is 0.0823. The number of nitrogens with one attached hydrogen (secondary N) is 1. The minimum atomic E-state index is -0.670. The number of carbonyl (C=O) groups is 1. The summed E-state index contributed by atoms with van der Waals surface area (Å²) in [5, 5.41) is 10.6. The van der Waals surface area contributed by atoms with Crippen LogP contribution in [-0.4, -0.2) is 30.3 Å². The Morgan fingerprint density at radius 3 is 2.92 bits per heavy atom. The lowest BCUT2D eigenvalue weighted by molar-refractivity contribution is 0.102. The molecule has 0 bridgehead atoms. The van der Waals surface area contributed by atoms with Gasteiger partial charge in [0.15, 0.2) is 5.65 Å². The van der Waals surface area contributed by atoms with E-state index in [1.807, 2.05) is 0 Å². The fourth-order valence-corrected chi connectivity index (χ4v) is 3.32. The fourth-order valence-electron chi connectivity index (χ4n) is 3.32. The molecule has 8 heteroatoms. The van der Waals surface area contributed by atoms with Gasteiger partial charge in [-0.15, -0.1) is 5.10 Å². The molecule has 1 fully saturated rings. The van der Waals surface area contributed by atoms with Crippen LogP contribution in [0.2, 0.25) is 0 Å². The summed E-state index contributed by atoms with van der Waals surface area (Å²) in [6, 6.07) is 1.91. The second-order valence-electron chi connectivity index (χ2n) is 6.63. The molecule has 0 atom stereocenters. The van der Waals surface area contributed by atoms with Crippen LogP contribution in [-0.2, 0) is 0 Å². The van der Waals surface area contributed by atoms with E-state index in [-0.39, 0.29) is 11.7 Å². The lowest BCUT2D eigenvalue weighted by Crippen LogP contribution is -2.17. The third-order valence-corrected chi connectivity index (χ3v) is 4.82. The normalized spacial score (nSPS) is 20.7. The number of anilines is 1. The van der Waals surface area contributed by atoms with E-state index in [1.165, 1.54) is 10.7 Å². The number of aromatic nitrogens is 5. The molecule has 7 nitrogen and oxygen atoms in total. The van der Waals surface area contributed by atoms with Crippen molar-refractivity contribution in [1.82, 2.24) is 24.4 Å². The molecular weight excluding hydrogens is 323 g/mol. The molecule has 1 saturated carbocycles. The van der Waals surface area contributed by atoms with Crippen LogP contribution in [0.3, 0.4) is 0 Å². The maximum Gasteiger partial charge on any atom is 0.261 e. The van der Waals surface area contributed by atoms with Gasteiger partial charge in [-0.05, 0) is 37.7 Å². The van der Waals surface area contributed by atoms with Crippen LogP contribution in [0.4, 0.5) is 10.1 Å². The Bertz CT molecular complexity index is 909. The van der Waals surface area contributed by atoms with E-state index >= 15 is 0 Å². The Morgan fingerprint density at radius 1 is 1.32 bits per heavy atom. The standard InChI is InChI=1S/C17H19FN6O/c1-11-3-5-12(6-4-11)24-10-14(15(18)22-24)21-17(25)13-9-20-23-8-2-7-19-16(13)23/h2,7-12H,3-6H2,1H3,(H,21,25)/t11-,12-. The van der Waals surface area contributed by atoms with Gasteiger partial charge < -0.3 is 5.32 Å². The third kappa shape index (κ3) is 2.99. The number of halogens is 1. The van der Waals surface area contributed by atoms with Crippen LogP contribution in [0.15, 0.2) is 30.9 Å². The van der Waals surface area contributed by atoms with Gasteiger partial charge >= 0.3 is 0 Å². The maximum absolute atomic E-state index is 14.2. The van der Waals surface area contributed by atoms with Crippen molar-refractivity contribution in [3.05, 3.63) is 42.4 Å². The lowest BCUT2D eigenvalue weighted by atomic mass is 9.87. The van der Waals surface area contributed by atoms with Gasteiger partial charge in [-0.1, -0.05) is 6.92 Å². The smallest absolute Gasteiger partial charge is 0.261 e. The molecular formula is C17H19FN6O. The summed E-state index contributed by atoms with van der Waals surface area (Å²) >= 11 is 0. The molecule has 3 aromatic heterocycles. The van der Waals surface area contributed by atoms with Crippen molar-refractivity contribution in [2.24, 2.45) is 5.92 Å². The zero-order valence-corrected chi connectivity index (χ0v) is 13.9. The zero-order chi connectivity index (χ0) is 17.4. The van der Waals surface area contributed by atoms with E-state index in [1.54, 1.807) is 29.3 Å². The topological polar surface area (TPSA) is 77.1 Å². The van der Waals surface area contributed by atoms with E-state index in [4.69, 9.17) is 0 Å². The highest BCUT2D eigenvalue weighted by molar-refractivity contribution is 6.08. The SMILES string of the molecule is C[C@H]1CC[C@H](n2cc(NC(=O)c3cnn4cccnc34)c(F)n2)CC1. The molecule has 0 aliphatic heterocycles. The van der Waals surface area contributed by atoms with Gasteiger partial charge in [0.2, 0.25) is 0 Å². The van der Waals surface area contributed by atoms with E-state index < -0.39 is 11.9 Å². The number of hydrogen-bond donors (Lipinski definition) is 1. The Labute approximate surface area is 143 Å². The molecule has 1 amide bonds. The van der Waals surface area contributed by atoms with Gasteiger partial charge in [-0.2, -0.15) is 9.49 Å². The monoisotopic (exact) mass is 342 g/mol. The number of nitrogens with zero attached hydrogens (tertiary/aromatic N) is 5. The Balaban J connectivity index is 1.53. The molecule has 0 spiro atoms. The van der Waals surface area contributed by atoms with Gasteiger partial charge in [0.05, 0.1) is 18.4 Å². The van der Waals surface area contributed by atoms with Crippen molar-refractivity contribution in [3.63, 3.8) is 0 Å². The van der Waals surface area contributed by atoms with Crippen molar-refractivity contribution < 1.29 is 9.18 Å². The highest BCUT2D eigenvalue weighted by Crippen LogP contribution is 2.32. The highest BCUT2D eigenvalue weighted by Gasteiger charge is 2.23. The van der Waals surface area contributed by atoms with Gasteiger partial charge in [0.1, 0.15) is 11.3 Å². The van der Waals surface area contributed by atoms with E-state index in [2.05, 4.69) is 27.4 Å². The molecule has 130 valence electrons. The molecule has 1 N–H and O–H groups in total. The average molecular weight is 342 g/mol. The quantitative estimate of drug-likeness (QED) is 0.793. The first-order valence-electron chi connectivity index (χ1n) is 8.46. The second-order valence-corrected chi connectivity index (χ2v) is 6.63. The van der Waals surface area contributed by atoms with Crippen LogP contribution in [0.25, 0.3) is 5.65 Å². The number of carbonyl (C=O) groups excluding carboxylic acids is 1. The van der Waals surface area contributed by atoms with E-state index in [9.17, 15) is 9.18 Å². The van der Waals surface area contributed by atoms with Crippen molar-refractivity contribution >= 4 is 17.2 Å². The third-order valence-electron chi connectivity index (χ3n) is 4.82. The summed E-state index contributed by atoms with van der Waals surface area (Å²) in [6.07, 6.45) is 10.5. The highest BCUT2D eigenvalue weighted by atomic mass is 19.1. The summed E-state index contributed by atoms with van der Waals surface area (Å²) in [5.74, 6) is -0.417. The summed E-state index contributed by atoms with van der Waals surface area (Å²) in [5.41, 5.74) is 0.798. The molecule has 3 heterocycles. The van der Waals surface area contributed by atoms with Crippen LogP contribution >= 0.6 is 0 Å². The molecule has 1 aliphatic rings. The van der Waals surface area contributed by atoms with Crippen LogP contribution < -0.4 is 5.32 Å². The molecule has 0 unspecified atom stereocenters. The van der Waals surface area contributed by atoms with E-state index in [0.29, 0.717) is 17.1 Å². The second kappa shape index (κ2) is 6.27. The van der Waals surface area contributed by atoms with Crippen molar-refractivity contribution in [2.75, 3.05) is 5.32 Å². The Hall–Kier alpha value is -2.77. The fraction of sp³-hybridized carbons (Fsp3) is 0.412. The Kier molecular flexibility index (Phi) is 3.95. The summed E-state index contributed by atoms with van der Waals surface area (Å²) < 4.78 is 17.3.